The predicted molar refractivity (Wildman–Crippen MR) is 134 cm³/mol. The smallest absolute Gasteiger partial charge is 0.243 e. The van der Waals surface area contributed by atoms with E-state index in [9.17, 15) is 9.59 Å². The molecule has 0 aliphatic heterocycles. The van der Waals surface area contributed by atoms with Crippen LogP contribution < -0.4 is 21.1 Å². The molecule has 0 aliphatic carbocycles. The summed E-state index contributed by atoms with van der Waals surface area (Å²) in [6.07, 6.45) is 1.31. The van der Waals surface area contributed by atoms with Crippen molar-refractivity contribution in [2.45, 2.75) is 45.3 Å². The standard InChI is InChI=1S/C28H33N3O3/c1-2-34-25-15-12-21(13-16-25)14-17-27(32)31-26(18-22-6-4-3-5-7-22)28(33)30-20-24-10-8-23(19-29)9-11-24/h3-13,15-16,26H,2,14,17-20,29H2,1H3,(H,30,33)(H,31,32). The predicted octanol–water partition coefficient (Wildman–Crippen LogP) is 3.52. The maximum atomic E-state index is 13.0. The molecule has 178 valence electrons. The fourth-order valence-electron chi connectivity index (χ4n) is 3.61. The zero-order valence-corrected chi connectivity index (χ0v) is 19.6. The van der Waals surface area contributed by atoms with Gasteiger partial charge >= 0.3 is 0 Å². The monoisotopic (exact) mass is 459 g/mol. The summed E-state index contributed by atoms with van der Waals surface area (Å²) in [5, 5.41) is 5.88. The molecule has 2 amide bonds. The lowest BCUT2D eigenvalue weighted by atomic mass is 10.0. The number of hydrogen-bond acceptors (Lipinski definition) is 4. The van der Waals surface area contributed by atoms with Gasteiger partial charge in [-0.3, -0.25) is 9.59 Å². The highest BCUT2D eigenvalue weighted by Crippen LogP contribution is 2.13. The van der Waals surface area contributed by atoms with Gasteiger partial charge in [0.15, 0.2) is 0 Å². The van der Waals surface area contributed by atoms with Crippen molar-refractivity contribution in [1.29, 1.82) is 0 Å². The fourth-order valence-corrected chi connectivity index (χ4v) is 3.61. The van der Waals surface area contributed by atoms with E-state index in [1.54, 1.807) is 0 Å². The van der Waals surface area contributed by atoms with Gasteiger partial charge in [0.2, 0.25) is 11.8 Å². The minimum atomic E-state index is -0.654. The van der Waals surface area contributed by atoms with Crippen molar-refractivity contribution in [3.05, 3.63) is 101 Å². The Kier molecular flexibility index (Phi) is 9.67. The van der Waals surface area contributed by atoms with Crippen molar-refractivity contribution < 1.29 is 14.3 Å². The van der Waals surface area contributed by atoms with E-state index in [0.717, 1.165) is 28.0 Å². The zero-order valence-electron chi connectivity index (χ0n) is 19.6. The van der Waals surface area contributed by atoms with Crippen LogP contribution in [0.4, 0.5) is 0 Å². The number of rotatable bonds is 12. The molecule has 0 spiro atoms. The highest BCUT2D eigenvalue weighted by molar-refractivity contribution is 5.88. The number of benzene rings is 3. The maximum absolute atomic E-state index is 13.0. The molecule has 6 heteroatoms. The number of nitrogens with one attached hydrogen (secondary N) is 2. The third-order valence-corrected chi connectivity index (χ3v) is 5.53. The molecule has 0 saturated heterocycles. The molecule has 0 aromatic heterocycles. The number of nitrogens with two attached hydrogens (primary N) is 1. The van der Waals surface area contributed by atoms with Crippen molar-refractivity contribution in [2.75, 3.05) is 6.61 Å². The lowest BCUT2D eigenvalue weighted by molar-refractivity contribution is -0.129. The maximum Gasteiger partial charge on any atom is 0.243 e. The number of carbonyl (C=O) groups excluding carboxylic acids is 2. The summed E-state index contributed by atoms with van der Waals surface area (Å²) < 4.78 is 5.46. The van der Waals surface area contributed by atoms with Gasteiger partial charge in [0.1, 0.15) is 11.8 Å². The molecule has 34 heavy (non-hydrogen) atoms. The zero-order chi connectivity index (χ0) is 24.2. The molecule has 4 N–H and O–H groups in total. The van der Waals surface area contributed by atoms with Crippen LogP contribution in [0.5, 0.6) is 5.75 Å². The molecule has 1 atom stereocenters. The van der Waals surface area contributed by atoms with Crippen LogP contribution in [0.2, 0.25) is 0 Å². The Morgan fingerprint density at radius 3 is 2.15 bits per heavy atom. The SMILES string of the molecule is CCOc1ccc(CCC(=O)NC(Cc2ccccc2)C(=O)NCc2ccc(CN)cc2)cc1. The Morgan fingerprint density at radius 1 is 0.853 bits per heavy atom. The topological polar surface area (TPSA) is 93.4 Å². The van der Waals surface area contributed by atoms with Crippen LogP contribution in [-0.4, -0.2) is 24.5 Å². The Morgan fingerprint density at radius 2 is 1.50 bits per heavy atom. The quantitative estimate of drug-likeness (QED) is 0.386. The second kappa shape index (κ2) is 13.2. The van der Waals surface area contributed by atoms with Gasteiger partial charge in [0.05, 0.1) is 6.61 Å². The molecule has 6 nitrogen and oxygen atoms in total. The van der Waals surface area contributed by atoms with Crippen LogP contribution in [0, 0.1) is 0 Å². The molecule has 0 aliphatic rings. The molecule has 0 fully saturated rings. The second-order valence-electron chi connectivity index (χ2n) is 8.13. The molecule has 3 aromatic rings. The summed E-state index contributed by atoms with van der Waals surface area (Å²) in [6.45, 7) is 3.43. The Bertz CT molecular complexity index is 1030. The number of amides is 2. The fraction of sp³-hybridized carbons (Fsp3) is 0.286. The van der Waals surface area contributed by atoms with Crippen LogP contribution in [0.3, 0.4) is 0 Å². The second-order valence-corrected chi connectivity index (χ2v) is 8.13. The van der Waals surface area contributed by atoms with E-state index in [1.165, 1.54) is 0 Å². The number of hydrogen-bond donors (Lipinski definition) is 3. The number of carbonyl (C=O) groups is 2. The molecule has 3 rings (SSSR count). The largest absolute Gasteiger partial charge is 0.494 e. The molecule has 0 radical (unpaired) electrons. The molecule has 0 bridgehead atoms. The van der Waals surface area contributed by atoms with Crippen molar-refractivity contribution in [3.8, 4) is 5.75 Å². The van der Waals surface area contributed by atoms with Crippen molar-refractivity contribution in [1.82, 2.24) is 10.6 Å². The van der Waals surface area contributed by atoms with Gasteiger partial charge in [-0.2, -0.15) is 0 Å². The summed E-state index contributed by atoms with van der Waals surface area (Å²) in [4.78, 5) is 25.7. The highest BCUT2D eigenvalue weighted by atomic mass is 16.5. The van der Waals surface area contributed by atoms with E-state index in [0.29, 0.717) is 39.0 Å². The van der Waals surface area contributed by atoms with E-state index in [4.69, 9.17) is 10.5 Å². The van der Waals surface area contributed by atoms with Crippen LogP contribution in [0.1, 0.15) is 35.6 Å². The van der Waals surface area contributed by atoms with Gasteiger partial charge in [-0.05, 0) is 47.7 Å². The van der Waals surface area contributed by atoms with E-state index in [1.807, 2.05) is 85.8 Å². The number of aryl methyl sites for hydroxylation is 1. The molecular formula is C28H33N3O3. The van der Waals surface area contributed by atoms with E-state index in [2.05, 4.69) is 10.6 Å². The summed E-state index contributed by atoms with van der Waals surface area (Å²) in [7, 11) is 0. The summed E-state index contributed by atoms with van der Waals surface area (Å²) >= 11 is 0. The first-order valence-corrected chi connectivity index (χ1v) is 11.7. The summed E-state index contributed by atoms with van der Waals surface area (Å²) in [5.74, 6) is 0.450. The van der Waals surface area contributed by atoms with Gasteiger partial charge in [-0.15, -0.1) is 0 Å². The van der Waals surface area contributed by atoms with E-state index in [-0.39, 0.29) is 11.8 Å². The highest BCUT2D eigenvalue weighted by Gasteiger charge is 2.21. The van der Waals surface area contributed by atoms with Gasteiger partial charge in [0, 0.05) is 25.9 Å². The van der Waals surface area contributed by atoms with Crippen molar-refractivity contribution >= 4 is 11.8 Å². The lowest BCUT2D eigenvalue weighted by Gasteiger charge is -2.19. The Hall–Kier alpha value is -3.64. The van der Waals surface area contributed by atoms with E-state index < -0.39 is 6.04 Å². The third kappa shape index (κ3) is 8.05. The average molecular weight is 460 g/mol. The number of ether oxygens (including phenoxy) is 1. The molecule has 3 aromatic carbocycles. The van der Waals surface area contributed by atoms with Crippen molar-refractivity contribution in [2.24, 2.45) is 5.73 Å². The van der Waals surface area contributed by atoms with Gasteiger partial charge < -0.3 is 21.1 Å². The summed E-state index contributed by atoms with van der Waals surface area (Å²) in [5.41, 5.74) is 9.70. The first-order chi connectivity index (χ1) is 16.6. The van der Waals surface area contributed by atoms with Crippen LogP contribution in [0.25, 0.3) is 0 Å². The van der Waals surface area contributed by atoms with Gasteiger partial charge in [-0.25, -0.2) is 0 Å². The molecule has 0 heterocycles. The normalized spacial score (nSPS) is 11.5. The third-order valence-electron chi connectivity index (χ3n) is 5.53. The summed E-state index contributed by atoms with van der Waals surface area (Å²) in [6, 6.07) is 24.6. The Balaban J connectivity index is 1.58. The lowest BCUT2D eigenvalue weighted by Crippen LogP contribution is -2.47. The Labute approximate surface area is 201 Å². The molecule has 0 saturated carbocycles. The van der Waals surface area contributed by atoms with Crippen molar-refractivity contribution in [3.63, 3.8) is 0 Å². The minimum Gasteiger partial charge on any atom is -0.494 e. The van der Waals surface area contributed by atoms with Crippen LogP contribution >= 0.6 is 0 Å². The first-order valence-electron chi connectivity index (χ1n) is 11.7. The van der Waals surface area contributed by atoms with E-state index >= 15 is 0 Å². The van der Waals surface area contributed by atoms with Gasteiger partial charge in [0.25, 0.3) is 0 Å². The van der Waals surface area contributed by atoms with Gasteiger partial charge in [-0.1, -0.05) is 66.7 Å². The molecule has 1 unspecified atom stereocenters. The van der Waals surface area contributed by atoms with Crippen LogP contribution in [-0.2, 0) is 35.5 Å². The molecular weight excluding hydrogens is 426 g/mol. The minimum absolute atomic E-state index is 0.155. The average Bonchev–Trinajstić information content (AvgIpc) is 2.87. The first kappa shape index (κ1) is 25.0. The van der Waals surface area contributed by atoms with Crippen LogP contribution in [0.15, 0.2) is 78.9 Å².